The van der Waals surface area contributed by atoms with Crippen LogP contribution < -0.4 is 5.32 Å². The van der Waals surface area contributed by atoms with Crippen LogP contribution in [0.3, 0.4) is 0 Å². The zero-order valence-electron chi connectivity index (χ0n) is 8.08. The smallest absolute Gasteiger partial charge is 0.327 e. The van der Waals surface area contributed by atoms with Crippen molar-refractivity contribution in [2.45, 2.75) is 13.0 Å². The molecule has 1 aromatic carbocycles. The summed E-state index contributed by atoms with van der Waals surface area (Å²) in [5, 5.41) is 3.54. The zero-order chi connectivity index (χ0) is 10.6. The summed E-state index contributed by atoms with van der Waals surface area (Å²) in [6.07, 6.45) is 0. The van der Waals surface area contributed by atoms with E-state index in [0.717, 1.165) is 5.69 Å². The fourth-order valence-corrected chi connectivity index (χ4v) is 1.24. The number of esters is 1. The highest BCUT2D eigenvalue weighted by Gasteiger charge is 2.13. The molecule has 3 nitrogen and oxygen atoms in total. The van der Waals surface area contributed by atoms with E-state index in [1.165, 1.54) is 7.11 Å². The second-order valence-electron chi connectivity index (χ2n) is 2.87. The number of hydrogen-bond donors (Lipinski definition) is 1. The van der Waals surface area contributed by atoms with E-state index in [-0.39, 0.29) is 5.97 Å². The molecule has 0 saturated carbocycles. The number of halogens is 1. The molecule has 0 amide bonds. The maximum absolute atomic E-state index is 11.1. The number of para-hydroxylation sites is 1. The van der Waals surface area contributed by atoms with Gasteiger partial charge in [-0.1, -0.05) is 23.7 Å². The van der Waals surface area contributed by atoms with Gasteiger partial charge in [-0.15, -0.1) is 0 Å². The van der Waals surface area contributed by atoms with Gasteiger partial charge in [0, 0.05) is 0 Å². The first-order valence-electron chi connectivity index (χ1n) is 4.24. The number of carbonyl (C=O) groups is 1. The summed E-state index contributed by atoms with van der Waals surface area (Å²) < 4.78 is 4.58. The Balaban J connectivity index is 2.69. The highest BCUT2D eigenvalue weighted by atomic mass is 35.5. The van der Waals surface area contributed by atoms with Gasteiger partial charge in [0.25, 0.3) is 0 Å². The first kappa shape index (κ1) is 10.9. The molecule has 0 aliphatic carbocycles. The Hall–Kier alpha value is -1.22. The Bertz CT molecular complexity index is 328. The molecule has 0 bridgehead atoms. The van der Waals surface area contributed by atoms with Gasteiger partial charge in [0.15, 0.2) is 0 Å². The number of benzene rings is 1. The molecule has 0 radical (unpaired) electrons. The minimum atomic E-state index is -0.403. The molecule has 0 aliphatic rings. The monoisotopic (exact) mass is 213 g/mol. The SMILES string of the molecule is COC(=O)[C@@H](C)Nc1ccccc1Cl. The highest BCUT2D eigenvalue weighted by molar-refractivity contribution is 6.33. The number of methoxy groups -OCH3 is 1. The molecule has 14 heavy (non-hydrogen) atoms. The lowest BCUT2D eigenvalue weighted by Gasteiger charge is -2.13. The van der Waals surface area contributed by atoms with E-state index in [1.54, 1.807) is 13.0 Å². The second-order valence-corrected chi connectivity index (χ2v) is 3.28. The third-order valence-electron chi connectivity index (χ3n) is 1.80. The fraction of sp³-hybridized carbons (Fsp3) is 0.300. The molecule has 1 N–H and O–H groups in total. The Labute approximate surface area is 88.0 Å². The quantitative estimate of drug-likeness (QED) is 0.784. The Morgan fingerprint density at radius 2 is 2.14 bits per heavy atom. The maximum atomic E-state index is 11.1. The third kappa shape index (κ3) is 2.64. The van der Waals surface area contributed by atoms with Gasteiger partial charge in [0.2, 0.25) is 0 Å². The summed E-state index contributed by atoms with van der Waals surface area (Å²) in [6.45, 7) is 1.72. The summed E-state index contributed by atoms with van der Waals surface area (Å²) in [5.74, 6) is -0.315. The van der Waals surface area contributed by atoms with Gasteiger partial charge in [0.1, 0.15) is 6.04 Å². The Kier molecular flexibility index (Phi) is 3.77. The molecule has 1 atom stereocenters. The number of anilines is 1. The minimum absolute atomic E-state index is 0.315. The maximum Gasteiger partial charge on any atom is 0.327 e. The van der Waals surface area contributed by atoms with Gasteiger partial charge < -0.3 is 10.1 Å². The van der Waals surface area contributed by atoms with Gasteiger partial charge in [-0.05, 0) is 19.1 Å². The topological polar surface area (TPSA) is 38.3 Å². The molecule has 0 spiro atoms. The van der Waals surface area contributed by atoms with E-state index in [2.05, 4.69) is 10.1 Å². The van der Waals surface area contributed by atoms with Crippen molar-refractivity contribution in [3.8, 4) is 0 Å². The molecule has 0 saturated heterocycles. The van der Waals surface area contributed by atoms with E-state index in [0.29, 0.717) is 5.02 Å². The van der Waals surface area contributed by atoms with Crippen molar-refractivity contribution in [1.29, 1.82) is 0 Å². The fourth-order valence-electron chi connectivity index (χ4n) is 1.05. The predicted octanol–water partition coefficient (Wildman–Crippen LogP) is 2.31. The Morgan fingerprint density at radius 1 is 1.50 bits per heavy atom. The van der Waals surface area contributed by atoms with Crippen LogP contribution in [0.1, 0.15) is 6.92 Å². The van der Waals surface area contributed by atoms with Crippen LogP contribution in [0.4, 0.5) is 5.69 Å². The second kappa shape index (κ2) is 4.86. The molecule has 1 aromatic rings. The summed E-state index contributed by atoms with van der Waals surface area (Å²) >= 11 is 5.90. The number of carbonyl (C=O) groups excluding carboxylic acids is 1. The largest absolute Gasteiger partial charge is 0.467 e. The first-order chi connectivity index (χ1) is 6.65. The molecule has 0 aromatic heterocycles. The Morgan fingerprint density at radius 3 is 2.71 bits per heavy atom. The van der Waals surface area contributed by atoms with E-state index in [9.17, 15) is 4.79 Å². The molecule has 4 heteroatoms. The van der Waals surface area contributed by atoms with E-state index >= 15 is 0 Å². The number of ether oxygens (including phenoxy) is 1. The van der Waals surface area contributed by atoms with Crippen LogP contribution in [0, 0.1) is 0 Å². The van der Waals surface area contributed by atoms with Crippen LogP contribution in [0.15, 0.2) is 24.3 Å². The van der Waals surface area contributed by atoms with Crippen LogP contribution in [0.25, 0.3) is 0 Å². The van der Waals surface area contributed by atoms with E-state index in [1.807, 2.05) is 18.2 Å². The van der Waals surface area contributed by atoms with Crippen LogP contribution in [0.5, 0.6) is 0 Å². The normalized spacial score (nSPS) is 11.9. The van der Waals surface area contributed by atoms with Gasteiger partial charge >= 0.3 is 5.97 Å². The van der Waals surface area contributed by atoms with Gasteiger partial charge in [-0.2, -0.15) is 0 Å². The van der Waals surface area contributed by atoms with Gasteiger partial charge in [-0.3, -0.25) is 0 Å². The summed E-state index contributed by atoms with van der Waals surface area (Å²) in [7, 11) is 1.35. The molecule has 1 rings (SSSR count). The molecule has 0 aliphatic heterocycles. The molecule has 0 unspecified atom stereocenters. The highest BCUT2D eigenvalue weighted by Crippen LogP contribution is 2.21. The molecule has 76 valence electrons. The average molecular weight is 214 g/mol. The van der Waals surface area contributed by atoms with Crippen molar-refractivity contribution in [3.63, 3.8) is 0 Å². The third-order valence-corrected chi connectivity index (χ3v) is 2.13. The molecular weight excluding hydrogens is 202 g/mol. The molecule has 0 fully saturated rings. The lowest BCUT2D eigenvalue weighted by atomic mass is 10.2. The van der Waals surface area contributed by atoms with Crippen molar-refractivity contribution in [2.75, 3.05) is 12.4 Å². The van der Waals surface area contributed by atoms with Crippen LogP contribution in [0.2, 0.25) is 5.02 Å². The van der Waals surface area contributed by atoms with Crippen LogP contribution in [-0.2, 0) is 9.53 Å². The zero-order valence-corrected chi connectivity index (χ0v) is 8.84. The number of nitrogens with one attached hydrogen (secondary N) is 1. The lowest BCUT2D eigenvalue weighted by Crippen LogP contribution is -2.27. The first-order valence-corrected chi connectivity index (χ1v) is 4.62. The van der Waals surface area contributed by atoms with Crippen LogP contribution in [-0.4, -0.2) is 19.1 Å². The van der Waals surface area contributed by atoms with Crippen LogP contribution >= 0.6 is 11.6 Å². The van der Waals surface area contributed by atoms with Gasteiger partial charge in [0.05, 0.1) is 17.8 Å². The summed E-state index contributed by atoms with van der Waals surface area (Å²) in [4.78, 5) is 11.1. The van der Waals surface area contributed by atoms with Gasteiger partial charge in [-0.25, -0.2) is 4.79 Å². The lowest BCUT2D eigenvalue weighted by molar-refractivity contribution is -0.141. The van der Waals surface area contributed by atoms with E-state index in [4.69, 9.17) is 11.6 Å². The molecular formula is C10H12ClNO2. The van der Waals surface area contributed by atoms with Crippen molar-refractivity contribution in [3.05, 3.63) is 29.3 Å². The van der Waals surface area contributed by atoms with Crippen molar-refractivity contribution < 1.29 is 9.53 Å². The van der Waals surface area contributed by atoms with Crippen molar-refractivity contribution in [1.82, 2.24) is 0 Å². The number of rotatable bonds is 3. The molecule has 0 heterocycles. The predicted molar refractivity (Wildman–Crippen MR) is 56.6 cm³/mol. The minimum Gasteiger partial charge on any atom is -0.467 e. The van der Waals surface area contributed by atoms with Crippen molar-refractivity contribution in [2.24, 2.45) is 0 Å². The summed E-state index contributed by atoms with van der Waals surface area (Å²) in [5.41, 5.74) is 0.729. The number of hydrogen-bond acceptors (Lipinski definition) is 3. The van der Waals surface area contributed by atoms with E-state index < -0.39 is 6.04 Å². The standard InChI is InChI=1S/C10H12ClNO2/c1-7(10(13)14-2)12-9-6-4-3-5-8(9)11/h3-7,12H,1-2H3/t7-/m1/s1. The van der Waals surface area contributed by atoms with Crippen molar-refractivity contribution >= 4 is 23.3 Å². The summed E-state index contributed by atoms with van der Waals surface area (Å²) in [6, 6.07) is 6.84. The average Bonchev–Trinajstić information content (AvgIpc) is 2.20.